The number of esters is 1. The second-order valence-electron chi connectivity index (χ2n) is 5.87. The lowest BCUT2D eigenvalue weighted by Gasteiger charge is -2.29. The Bertz CT molecular complexity index is 792. The number of benzene rings is 1. The van der Waals surface area contributed by atoms with Gasteiger partial charge in [0, 0.05) is 11.5 Å². The standard InChI is InChI=1S/C20H20O4S/c1-3-24-20(22)19-16(13-8-9-25-12-13)10-14(11-17(19)21)15-6-4-5-7-18(15)23-2/h4-9,11-12,16,19H,3,10H2,1-2H3/t16-,19-/m0/s1. The minimum absolute atomic E-state index is 0.207. The summed E-state index contributed by atoms with van der Waals surface area (Å²) in [6.45, 7) is 2.02. The van der Waals surface area contributed by atoms with Crippen LogP contribution in [-0.4, -0.2) is 25.5 Å². The summed E-state index contributed by atoms with van der Waals surface area (Å²) in [6, 6.07) is 9.59. The van der Waals surface area contributed by atoms with Crippen LogP contribution >= 0.6 is 11.3 Å². The fourth-order valence-electron chi connectivity index (χ4n) is 3.28. The van der Waals surface area contributed by atoms with Crippen LogP contribution in [0.25, 0.3) is 5.57 Å². The first-order valence-corrected chi connectivity index (χ1v) is 9.16. The molecular formula is C20H20O4S. The van der Waals surface area contributed by atoms with Crippen LogP contribution in [0.15, 0.2) is 47.2 Å². The summed E-state index contributed by atoms with van der Waals surface area (Å²) in [7, 11) is 1.61. The molecule has 0 N–H and O–H groups in total. The molecule has 0 spiro atoms. The van der Waals surface area contributed by atoms with Gasteiger partial charge in [0.2, 0.25) is 0 Å². The fourth-order valence-corrected chi connectivity index (χ4v) is 4.00. The lowest BCUT2D eigenvalue weighted by atomic mass is 9.74. The number of para-hydroxylation sites is 1. The molecule has 1 aliphatic carbocycles. The maximum atomic E-state index is 12.8. The van der Waals surface area contributed by atoms with Crippen LogP contribution in [0.5, 0.6) is 5.75 Å². The molecule has 1 aliphatic rings. The van der Waals surface area contributed by atoms with Crippen molar-refractivity contribution in [1.29, 1.82) is 0 Å². The molecule has 2 aromatic rings. The zero-order valence-corrected chi connectivity index (χ0v) is 15.0. The molecule has 0 radical (unpaired) electrons. The smallest absolute Gasteiger partial charge is 0.317 e. The first-order chi connectivity index (χ1) is 12.2. The number of carbonyl (C=O) groups is 2. The van der Waals surface area contributed by atoms with Gasteiger partial charge in [-0.25, -0.2) is 0 Å². The number of methoxy groups -OCH3 is 1. The predicted octanol–water partition coefficient (Wildman–Crippen LogP) is 4.08. The molecule has 1 heterocycles. The summed E-state index contributed by atoms with van der Waals surface area (Å²) in [5.74, 6) is -0.934. The van der Waals surface area contributed by atoms with E-state index < -0.39 is 11.9 Å². The Morgan fingerprint density at radius 2 is 2.08 bits per heavy atom. The Kier molecular flexibility index (Phi) is 5.34. The zero-order chi connectivity index (χ0) is 17.8. The van der Waals surface area contributed by atoms with Gasteiger partial charge in [-0.1, -0.05) is 18.2 Å². The van der Waals surface area contributed by atoms with Crippen molar-refractivity contribution in [3.8, 4) is 5.75 Å². The van der Waals surface area contributed by atoms with E-state index in [2.05, 4.69) is 0 Å². The normalized spacial score (nSPS) is 20.1. The van der Waals surface area contributed by atoms with Crippen molar-refractivity contribution >= 4 is 28.7 Å². The van der Waals surface area contributed by atoms with E-state index in [9.17, 15) is 9.59 Å². The van der Waals surface area contributed by atoms with Crippen LogP contribution in [0.3, 0.4) is 0 Å². The van der Waals surface area contributed by atoms with E-state index >= 15 is 0 Å². The molecule has 25 heavy (non-hydrogen) atoms. The van der Waals surface area contributed by atoms with E-state index in [1.807, 2.05) is 41.1 Å². The topological polar surface area (TPSA) is 52.6 Å². The van der Waals surface area contributed by atoms with Crippen molar-refractivity contribution in [2.45, 2.75) is 19.3 Å². The van der Waals surface area contributed by atoms with Gasteiger partial charge in [0.1, 0.15) is 11.7 Å². The number of hydrogen-bond acceptors (Lipinski definition) is 5. The molecule has 4 nitrogen and oxygen atoms in total. The molecule has 130 valence electrons. The van der Waals surface area contributed by atoms with Crippen LogP contribution in [0.2, 0.25) is 0 Å². The van der Waals surface area contributed by atoms with E-state index in [-0.39, 0.29) is 18.3 Å². The van der Waals surface area contributed by atoms with Crippen molar-refractivity contribution in [3.63, 3.8) is 0 Å². The molecule has 1 aromatic heterocycles. The van der Waals surface area contributed by atoms with Crippen molar-refractivity contribution in [3.05, 3.63) is 58.3 Å². The molecule has 3 rings (SSSR count). The van der Waals surface area contributed by atoms with E-state index in [1.165, 1.54) is 0 Å². The first-order valence-electron chi connectivity index (χ1n) is 8.22. The molecule has 2 atom stereocenters. The van der Waals surface area contributed by atoms with Gasteiger partial charge < -0.3 is 9.47 Å². The molecule has 0 unspecified atom stereocenters. The SMILES string of the molecule is CCOC(=O)[C@@H]1C(=O)C=C(c2ccccc2OC)C[C@H]1c1ccsc1. The van der Waals surface area contributed by atoms with Gasteiger partial charge in [-0.3, -0.25) is 9.59 Å². The maximum Gasteiger partial charge on any atom is 0.317 e. The van der Waals surface area contributed by atoms with Gasteiger partial charge in [0.15, 0.2) is 5.78 Å². The highest BCUT2D eigenvalue weighted by molar-refractivity contribution is 7.08. The number of ether oxygens (including phenoxy) is 2. The van der Waals surface area contributed by atoms with E-state index in [1.54, 1.807) is 31.4 Å². The van der Waals surface area contributed by atoms with Gasteiger partial charge in [-0.15, -0.1) is 0 Å². The maximum absolute atomic E-state index is 12.8. The molecule has 0 saturated carbocycles. The number of hydrogen-bond donors (Lipinski definition) is 0. The summed E-state index contributed by atoms with van der Waals surface area (Å²) in [6.07, 6.45) is 2.16. The second-order valence-corrected chi connectivity index (χ2v) is 6.65. The van der Waals surface area contributed by atoms with Crippen molar-refractivity contribution < 1.29 is 19.1 Å². The van der Waals surface area contributed by atoms with Crippen LogP contribution < -0.4 is 4.74 Å². The average molecular weight is 356 g/mol. The number of carbonyl (C=O) groups excluding carboxylic acids is 2. The minimum atomic E-state index is -0.784. The Morgan fingerprint density at radius 1 is 1.28 bits per heavy atom. The third kappa shape index (κ3) is 3.51. The highest BCUT2D eigenvalue weighted by Crippen LogP contribution is 2.42. The lowest BCUT2D eigenvalue weighted by Crippen LogP contribution is -2.33. The zero-order valence-electron chi connectivity index (χ0n) is 14.2. The minimum Gasteiger partial charge on any atom is -0.496 e. The van der Waals surface area contributed by atoms with Crippen molar-refractivity contribution in [2.24, 2.45) is 5.92 Å². The van der Waals surface area contributed by atoms with Crippen molar-refractivity contribution in [2.75, 3.05) is 13.7 Å². The average Bonchev–Trinajstić information content (AvgIpc) is 3.15. The number of thiophene rings is 1. The Labute approximate surface area is 151 Å². The highest BCUT2D eigenvalue weighted by Gasteiger charge is 2.40. The second kappa shape index (κ2) is 7.66. The van der Waals surface area contributed by atoms with Gasteiger partial charge in [-0.05, 0) is 53.4 Å². The third-order valence-corrected chi connectivity index (χ3v) is 5.13. The molecule has 0 bridgehead atoms. The van der Waals surface area contributed by atoms with Crippen LogP contribution in [0.4, 0.5) is 0 Å². The molecule has 0 amide bonds. The van der Waals surface area contributed by atoms with Gasteiger partial charge >= 0.3 is 5.97 Å². The Morgan fingerprint density at radius 3 is 2.76 bits per heavy atom. The molecule has 5 heteroatoms. The van der Waals surface area contributed by atoms with E-state index in [0.717, 1.165) is 22.4 Å². The van der Waals surface area contributed by atoms with Gasteiger partial charge in [0.05, 0.1) is 13.7 Å². The van der Waals surface area contributed by atoms with E-state index in [0.29, 0.717) is 6.42 Å². The van der Waals surface area contributed by atoms with Gasteiger partial charge in [-0.2, -0.15) is 11.3 Å². The molecule has 0 aliphatic heterocycles. The van der Waals surface area contributed by atoms with Gasteiger partial charge in [0.25, 0.3) is 0 Å². The van der Waals surface area contributed by atoms with Crippen LogP contribution in [0, 0.1) is 5.92 Å². The molecular weight excluding hydrogens is 336 g/mol. The Balaban J connectivity index is 2.02. The first kappa shape index (κ1) is 17.4. The van der Waals surface area contributed by atoms with E-state index in [4.69, 9.17) is 9.47 Å². The highest BCUT2D eigenvalue weighted by atomic mass is 32.1. The monoisotopic (exact) mass is 356 g/mol. The summed E-state index contributed by atoms with van der Waals surface area (Å²) < 4.78 is 10.6. The quantitative estimate of drug-likeness (QED) is 0.598. The molecule has 1 aromatic carbocycles. The summed E-state index contributed by atoms with van der Waals surface area (Å²) in [4.78, 5) is 25.2. The van der Waals surface area contributed by atoms with Crippen molar-refractivity contribution in [1.82, 2.24) is 0 Å². The predicted molar refractivity (Wildman–Crippen MR) is 97.8 cm³/mol. The number of allylic oxidation sites excluding steroid dienone is 2. The summed E-state index contributed by atoms with van der Waals surface area (Å²) in [5, 5.41) is 3.96. The summed E-state index contributed by atoms with van der Waals surface area (Å²) in [5.41, 5.74) is 2.77. The summed E-state index contributed by atoms with van der Waals surface area (Å²) >= 11 is 1.56. The fraction of sp³-hybridized carbons (Fsp3) is 0.300. The molecule has 0 fully saturated rings. The number of ketones is 1. The lowest BCUT2D eigenvalue weighted by molar-refractivity contribution is -0.151. The van der Waals surface area contributed by atoms with Crippen LogP contribution in [-0.2, 0) is 14.3 Å². The third-order valence-electron chi connectivity index (χ3n) is 4.43. The number of rotatable bonds is 5. The Hall–Kier alpha value is -2.40. The van der Waals surface area contributed by atoms with Crippen LogP contribution in [0.1, 0.15) is 30.4 Å². The molecule has 0 saturated heterocycles. The largest absolute Gasteiger partial charge is 0.496 e.